The van der Waals surface area contributed by atoms with Gasteiger partial charge in [0.15, 0.2) is 0 Å². The van der Waals surface area contributed by atoms with Crippen LogP contribution in [0.1, 0.15) is 64.5 Å². The van der Waals surface area contributed by atoms with Crippen LogP contribution in [0.3, 0.4) is 0 Å². The predicted molar refractivity (Wildman–Crippen MR) is 135 cm³/mol. The third-order valence-electron chi connectivity index (χ3n) is 6.20. The standard InChI is InChI=1S/C26H27N3O2S2/c1-2-5-16-9-11-17(12-10-16)24(20-8-4-15-32-20)29-22(30)14-13-21-27-25(31)23-18-6-3-7-19(18)33-26(23)28-21/h4,8-12,15,24H,2-3,5-7,13-14H2,1H3,(H,29,30)(H,27,28,31). The topological polar surface area (TPSA) is 74.8 Å². The van der Waals surface area contributed by atoms with Crippen molar-refractivity contribution in [3.05, 3.63) is 84.4 Å². The second kappa shape index (κ2) is 9.61. The summed E-state index contributed by atoms with van der Waals surface area (Å²) in [6.07, 6.45) is 5.97. The lowest BCUT2D eigenvalue weighted by Gasteiger charge is -2.18. The minimum absolute atomic E-state index is 0.0533. The zero-order valence-electron chi connectivity index (χ0n) is 18.6. The molecular weight excluding hydrogens is 450 g/mol. The first-order chi connectivity index (χ1) is 16.1. The fourth-order valence-corrected chi connectivity index (χ4v) is 6.65. The second-order valence-corrected chi connectivity index (χ2v) is 10.6. The van der Waals surface area contributed by atoms with Gasteiger partial charge in [0.05, 0.1) is 11.4 Å². The molecule has 1 unspecified atom stereocenters. The van der Waals surface area contributed by atoms with Crippen LogP contribution in [0, 0.1) is 0 Å². The average molecular weight is 478 g/mol. The summed E-state index contributed by atoms with van der Waals surface area (Å²) >= 11 is 3.27. The Kier molecular flexibility index (Phi) is 6.42. The summed E-state index contributed by atoms with van der Waals surface area (Å²) in [6.45, 7) is 2.17. The number of carbonyl (C=O) groups excluding carboxylic acids is 1. The van der Waals surface area contributed by atoms with E-state index in [0.29, 0.717) is 12.2 Å². The van der Waals surface area contributed by atoms with E-state index in [1.54, 1.807) is 22.7 Å². The van der Waals surface area contributed by atoms with Crippen LogP contribution >= 0.6 is 22.7 Å². The highest BCUT2D eigenvalue weighted by Gasteiger charge is 2.22. The molecule has 0 aliphatic heterocycles. The van der Waals surface area contributed by atoms with Gasteiger partial charge in [-0.3, -0.25) is 9.59 Å². The number of thiophene rings is 2. The molecule has 1 aromatic carbocycles. The molecule has 4 aromatic rings. The normalized spacial score (nSPS) is 13.8. The molecule has 0 radical (unpaired) electrons. The molecule has 7 heteroatoms. The Labute approximate surface area is 200 Å². The fraction of sp³-hybridized carbons (Fsp3) is 0.346. The number of aromatic amines is 1. The molecule has 5 nitrogen and oxygen atoms in total. The zero-order valence-corrected chi connectivity index (χ0v) is 20.3. The molecule has 1 aliphatic carbocycles. The first kappa shape index (κ1) is 22.0. The summed E-state index contributed by atoms with van der Waals surface area (Å²) in [5.41, 5.74) is 3.49. The van der Waals surface area contributed by atoms with E-state index in [-0.39, 0.29) is 23.9 Å². The van der Waals surface area contributed by atoms with E-state index < -0.39 is 0 Å². The molecule has 1 atom stereocenters. The van der Waals surface area contributed by atoms with Gasteiger partial charge in [0, 0.05) is 22.6 Å². The van der Waals surface area contributed by atoms with Gasteiger partial charge in [0.25, 0.3) is 5.56 Å². The maximum absolute atomic E-state index is 12.9. The van der Waals surface area contributed by atoms with Crippen LogP contribution in [0.4, 0.5) is 0 Å². The molecule has 1 aliphatic rings. The van der Waals surface area contributed by atoms with Crippen LogP contribution in [0.2, 0.25) is 0 Å². The molecule has 3 heterocycles. The number of aromatic nitrogens is 2. The number of rotatable bonds is 8. The highest BCUT2D eigenvalue weighted by molar-refractivity contribution is 7.18. The van der Waals surface area contributed by atoms with Crippen molar-refractivity contribution < 1.29 is 4.79 Å². The van der Waals surface area contributed by atoms with Gasteiger partial charge < -0.3 is 10.3 Å². The Morgan fingerprint density at radius 3 is 2.79 bits per heavy atom. The number of nitrogens with one attached hydrogen (secondary N) is 2. The summed E-state index contributed by atoms with van der Waals surface area (Å²) in [5.74, 6) is 0.529. The van der Waals surface area contributed by atoms with Gasteiger partial charge in [-0.15, -0.1) is 22.7 Å². The highest BCUT2D eigenvalue weighted by Crippen LogP contribution is 2.34. The van der Waals surface area contributed by atoms with Crippen LogP contribution in [0.5, 0.6) is 0 Å². The summed E-state index contributed by atoms with van der Waals surface area (Å²) in [5, 5.41) is 5.98. The molecule has 1 amide bonds. The molecule has 5 rings (SSSR count). The van der Waals surface area contributed by atoms with Gasteiger partial charge in [0.1, 0.15) is 10.7 Å². The minimum atomic E-state index is -0.178. The maximum atomic E-state index is 12.9. The lowest BCUT2D eigenvalue weighted by Crippen LogP contribution is -2.29. The van der Waals surface area contributed by atoms with Crippen molar-refractivity contribution in [3.8, 4) is 0 Å². The van der Waals surface area contributed by atoms with Crippen LogP contribution in [-0.2, 0) is 30.5 Å². The number of fused-ring (bicyclic) bond motifs is 3. The fourth-order valence-electron chi connectivity index (χ4n) is 4.57. The summed E-state index contributed by atoms with van der Waals surface area (Å²) in [4.78, 5) is 36.4. The number of nitrogens with zero attached hydrogens (tertiary/aromatic N) is 1. The molecule has 170 valence electrons. The van der Waals surface area contributed by atoms with Gasteiger partial charge in [0.2, 0.25) is 5.91 Å². The Hall–Kier alpha value is -2.77. The monoisotopic (exact) mass is 477 g/mol. The molecule has 0 fully saturated rings. The van der Waals surface area contributed by atoms with E-state index in [4.69, 9.17) is 0 Å². The molecule has 3 aromatic heterocycles. The van der Waals surface area contributed by atoms with Gasteiger partial charge in [-0.2, -0.15) is 0 Å². The van der Waals surface area contributed by atoms with Crippen molar-refractivity contribution in [2.45, 2.75) is 57.9 Å². The van der Waals surface area contributed by atoms with E-state index in [1.807, 2.05) is 11.4 Å². The van der Waals surface area contributed by atoms with E-state index in [0.717, 1.165) is 52.8 Å². The zero-order chi connectivity index (χ0) is 22.8. The highest BCUT2D eigenvalue weighted by atomic mass is 32.1. The Bertz CT molecular complexity index is 1320. The number of carbonyl (C=O) groups is 1. The number of hydrogen-bond acceptors (Lipinski definition) is 5. The van der Waals surface area contributed by atoms with Crippen molar-refractivity contribution >= 4 is 38.8 Å². The van der Waals surface area contributed by atoms with Gasteiger partial charge in [-0.05, 0) is 53.8 Å². The largest absolute Gasteiger partial charge is 0.344 e. The first-order valence-electron chi connectivity index (χ1n) is 11.6. The summed E-state index contributed by atoms with van der Waals surface area (Å²) in [6, 6.07) is 12.4. The smallest absolute Gasteiger partial charge is 0.259 e. The summed E-state index contributed by atoms with van der Waals surface area (Å²) in [7, 11) is 0. The van der Waals surface area contributed by atoms with Gasteiger partial charge in [-0.25, -0.2) is 4.98 Å². The van der Waals surface area contributed by atoms with Crippen LogP contribution in [0.25, 0.3) is 10.2 Å². The van der Waals surface area contributed by atoms with E-state index in [2.05, 4.69) is 52.5 Å². The van der Waals surface area contributed by atoms with E-state index >= 15 is 0 Å². The lowest BCUT2D eigenvalue weighted by atomic mass is 10.0. The van der Waals surface area contributed by atoms with Crippen molar-refractivity contribution in [2.75, 3.05) is 0 Å². The van der Waals surface area contributed by atoms with E-state index in [9.17, 15) is 9.59 Å². The average Bonchev–Trinajstić information content (AvgIpc) is 3.54. The van der Waals surface area contributed by atoms with Crippen molar-refractivity contribution in [1.82, 2.24) is 15.3 Å². The first-order valence-corrected chi connectivity index (χ1v) is 13.3. The molecule has 0 spiro atoms. The molecule has 0 bridgehead atoms. The quantitative estimate of drug-likeness (QED) is 0.360. The van der Waals surface area contributed by atoms with E-state index in [1.165, 1.54) is 16.0 Å². The Morgan fingerprint density at radius 1 is 1.18 bits per heavy atom. The summed E-state index contributed by atoms with van der Waals surface area (Å²) < 4.78 is 0. The maximum Gasteiger partial charge on any atom is 0.259 e. The number of benzene rings is 1. The number of hydrogen-bond donors (Lipinski definition) is 2. The van der Waals surface area contributed by atoms with Crippen LogP contribution in [0.15, 0.2) is 46.6 Å². The lowest BCUT2D eigenvalue weighted by molar-refractivity contribution is -0.121. The molecule has 0 saturated carbocycles. The van der Waals surface area contributed by atoms with Crippen LogP contribution in [-0.4, -0.2) is 15.9 Å². The van der Waals surface area contributed by atoms with Crippen molar-refractivity contribution in [3.63, 3.8) is 0 Å². The molecule has 0 saturated heterocycles. The SMILES string of the molecule is CCCc1ccc(C(NC(=O)CCc2nc3sc4c(c3c(=O)[nH]2)CCC4)c2cccs2)cc1. The van der Waals surface area contributed by atoms with Crippen LogP contribution < -0.4 is 10.9 Å². The number of aryl methyl sites for hydroxylation is 4. The van der Waals surface area contributed by atoms with Gasteiger partial charge in [-0.1, -0.05) is 43.7 Å². The van der Waals surface area contributed by atoms with Gasteiger partial charge >= 0.3 is 0 Å². The third-order valence-corrected chi connectivity index (χ3v) is 8.32. The Morgan fingerprint density at radius 2 is 2.03 bits per heavy atom. The number of H-pyrrole nitrogens is 1. The Balaban J connectivity index is 1.30. The molecule has 2 N–H and O–H groups in total. The number of amides is 1. The predicted octanol–water partition coefficient (Wildman–Crippen LogP) is 5.33. The molecular formula is C26H27N3O2S2. The molecule has 33 heavy (non-hydrogen) atoms. The second-order valence-electron chi connectivity index (χ2n) is 8.56. The third kappa shape index (κ3) is 4.66. The minimum Gasteiger partial charge on any atom is -0.344 e. The van der Waals surface area contributed by atoms with Crippen molar-refractivity contribution in [2.24, 2.45) is 0 Å². The van der Waals surface area contributed by atoms with Crippen molar-refractivity contribution in [1.29, 1.82) is 0 Å².